The maximum absolute atomic E-state index is 11.4. The van der Waals surface area contributed by atoms with E-state index in [1.54, 1.807) is 6.07 Å². The normalized spacial score (nSPS) is 22.7. The molecule has 0 heterocycles. The minimum Gasteiger partial charge on any atom is -0.504 e. The minimum atomic E-state index is -0.118. The van der Waals surface area contributed by atoms with E-state index in [4.69, 9.17) is 9.47 Å². The Bertz CT molecular complexity index is 469. The smallest absolute Gasteiger partial charge is 0.308 e. The molecular formula is C15H20O4. The number of benzene rings is 1. The zero-order valence-electron chi connectivity index (χ0n) is 11.6. The molecule has 104 valence electrons. The van der Waals surface area contributed by atoms with E-state index in [1.807, 2.05) is 12.1 Å². The topological polar surface area (TPSA) is 55.8 Å². The molecule has 4 heteroatoms. The van der Waals surface area contributed by atoms with Gasteiger partial charge in [-0.2, -0.15) is 0 Å². The van der Waals surface area contributed by atoms with Crippen LogP contribution in [0.2, 0.25) is 0 Å². The highest BCUT2D eigenvalue weighted by atomic mass is 16.5. The molecule has 0 radical (unpaired) electrons. The van der Waals surface area contributed by atoms with Crippen LogP contribution in [0.5, 0.6) is 11.5 Å². The van der Waals surface area contributed by atoms with Crippen molar-refractivity contribution in [3.05, 3.63) is 23.8 Å². The van der Waals surface area contributed by atoms with Crippen molar-refractivity contribution < 1.29 is 19.4 Å². The van der Waals surface area contributed by atoms with Gasteiger partial charge in [-0.15, -0.1) is 0 Å². The van der Waals surface area contributed by atoms with Crippen LogP contribution in [-0.2, 0) is 9.53 Å². The van der Waals surface area contributed by atoms with Gasteiger partial charge in [0.2, 0.25) is 0 Å². The molecule has 19 heavy (non-hydrogen) atoms. The van der Waals surface area contributed by atoms with Crippen LogP contribution in [-0.4, -0.2) is 25.3 Å². The molecule has 0 aliphatic heterocycles. The number of rotatable bonds is 5. The van der Waals surface area contributed by atoms with Crippen molar-refractivity contribution in [3.63, 3.8) is 0 Å². The van der Waals surface area contributed by atoms with Crippen molar-refractivity contribution in [1.82, 2.24) is 0 Å². The van der Waals surface area contributed by atoms with E-state index in [0.29, 0.717) is 11.7 Å². The molecule has 4 nitrogen and oxygen atoms in total. The van der Waals surface area contributed by atoms with Crippen molar-refractivity contribution in [1.29, 1.82) is 0 Å². The maximum atomic E-state index is 11.4. The number of esters is 1. The second-order valence-electron chi connectivity index (χ2n) is 5.16. The van der Waals surface area contributed by atoms with Gasteiger partial charge in [0.1, 0.15) is 0 Å². The fraction of sp³-hybridized carbons (Fsp3) is 0.533. The number of carbonyl (C=O) groups is 1. The monoisotopic (exact) mass is 264 g/mol. The van der Waals surface area contributed by atoms with Crippen LogP contribution in [0.25, 0.3) is 0 Å². The van der Waals surface area contributed by atoms with Crippen LogP contribution in [0.3, 0.4) is 0 Å². The molecular weight excluding hydrogens is 244 g/mol. The van der Waals surface area contributed by atoms with Gasteiger partial charge in [-0.25, -0.2) is 0 Å². The number of hydrogen-bond donors (Lipinski definition) is 1. The standard InChI is InChI=1S/C15H20O4/c1-9(7-10-8-12(10)15(17)19-3)11-5-4-6-13(18-2)14(11)16/h4-6,9-10,12,16H,7-8H2,1-3H3. The number of carbonyl (C=O) groups excluding carboxylic acids is 1. The second kappa shape index (κ2) is 5.51. The predicted octanol–water partition coefficient (Wildman–Crippen LogP) is 2.70. The van der Waals surface area contributed by atoms with E-state index in [0.717, 1.165) is 18.4 Å². The Labute approximate surface area is 113 Å². The average Bonchev–Trinajstić information content (AvgIpc) is 3.17. The Morgan fingerprint density at radius 1 is 1.47 bits per heavy atom. The van der Waals surface area contributed by atoms with Gasteiger partial charge in [0.15, 0.2) is 11.5 Å². The molecule has 0 spiro atoms. The zero-order chi connectivity index (χ0) is 14.0. The number of hydrogen-bond acceptors (Lipinski definition) is 4. The van der Waals surface area contributed by atoms with Crippen LogP contribution < -0.4 is 4.74 Å². The molecule has 0 aromatic heterocycles. The SMILES string of the molecule is COC(=O)C1CC1CC(C)c1cccc(OC)c1O. The lowest BCUT2D eigenvalue weighted by Gasteiger charge is -2.15. The van der Waals surface area contributed by atoms with Gasteiger partial charge in [-0.1, -0.05) is 19.1 Å². The molecule has 1 fully saturated rings. The Morgan fingerprint density at radius 3 is 2.84 bits per heavy atom. The molecule has 3 unspecified atom stereocenters. The number of phenols is 1. The summed E-state index contributed by atoms with van der Waals surface area (Å²) in [5, 5.41) is 10.1. The molecule has 1 aromatic rings. The molecule has 2 rings (SSSR count). The summed E-state index contributed by atoms with van der Waals surface area (Å²) in [6, 6.07) is 5.51. The van der Waals surface area contributed by atoms with Gasteiger partial charge in [-0.3, -0.25) is 4.79 Å². The van der Waals surface area contributed by atoms with Gasteiger partial charge < -0.3 is 14.6 Å². The Hall–Kier alpha value is -1.71. The first kappa shape index (κ1) is 13.7. The number of aromatic hydroxyl groups is 1. The van der Waals surface area contributed by atoms with Crippen LogP contribution in [0.4, 0.5) is 0 Å². The molecule has 3 atom stereocenters. The lowest BCUT2D eigenvalue weighted by atomic mass is 9.93. The van der Waals surface area contributed by atoms with Crippen LogP contribution in [0.15, 0.2) is 18.2 Å². The van der Waals surface area contributed by atoms with Crippen LogP contribution in [0, 0.1) is 11.8 Å². The highest BCUT2D eigenvalue weighted by Crippen LogP contribution is 2.47. The fourth-order valence-corrected chi connectivity index (χ4v) is 2.63. The number of ether oxygens (including phenoxy) is 2. The van der Waals surface area contributed by atoms with Gasteiger partial charge in [-0.05, 0) is 30.7 Å². The van der Waals surface area contributed by atoms with Crippen LogP contribution >= 0.6 is 0 Å². The van der Waals surface area contributed by atoms with Gasteiger partial charge >= 0.3 is 5.97 Å². The number of para-hydroxylation sites is 1. The number of methoxy groups -OCH3 is 2. The van der Waals surface area contributed by atoms with Gasteiger partial charge in [0, 0.05) is 5.56 Å². The molecule has 1 N–H and O–H groups in total. The van der Waals surface area contributed by atoms with E-state index in [-0.39, 0.29) is 23.6 Å². The van der Waals surface area contributed by atoms with Crippen molar-refractivity contribution in [3.8, 4) is 11.5 Å². The Balaban J connectivity index is 2.02. The third kappa shape index (κ3) is 2.83. The third-order valence-corrected chi connectivity index (χ3v) is 3.86. The minimum absolute atomic E-state index is 0.0419. The Morgan fingerprint density at radius 2 is 2.21 bits per heavy atom. The van der Waals surface area contributed by atoms with Gasteiger partial charge in [0.25, 0.3) is 0 Å². The molecule has 0 amide bonds. The fourth-order valence-electron chi connectivity index (χ4n) is 2.63. The summed E-state index contributed by atoms with van der Waals surface area (Å²) < 4.78 is 9.85. The first-order chi connectivity index (χ1) is 9.08. The summed E-state index contributed by atoms with van der Waals surface area (Å²) in [5.41, 5.74) is 0.870. The quantitative estimate of drug-likeness (QED) is 0.831. The maximum Gasteiger partial charge on any atom is 0.308 e. The van der Waals surface area contributed by atoms with Crippen molar-refractivity contribution in [2.75, 3.05) is 14.2 Å². The lowest BCUT2D eigenvalue weighted by Crippen LogP contribution is -2.06. The summed E-state index contributed by atoms with van der Waals surface area (Å²) in [4.78, 5) is 11.4. The summed E-state index contributed by atoms with van der Waals surface area (Å²) in [6.45, 7) is 2.06. The average molecular weight is 264 g/mol. The zero-order valence-corrected chi connectivity index (χ0v) is 11.6. The Kier molecular flexibility index (Phi) is 3.98. The highest BCUT2D eigenvalue weighted by molar-refractivity contribution is 5.75. The summed E-state index contributed by atoms with van der Waals surface area (Å²) >= 11 is 0. The number of phenolic OH excluding ortho intramolecular Hbond substituents is 1. The lowest BCUT2D eigenvalue weighted by molar-refractivity contribution is -0.142. The van der Waals surface area contributed by atoms with Crippen molar-refractivity contribution in [2.45, 2.75) is 25.7 Å². The first-order valence-electron chi connectivity index (χ1n) is 6.52. The third-order valence-electron chi connectivity index (χ3n) is 3.86. The molecule has 1 saturated carbocycles. The van der Waals surface area contributed by atoms with E-state index in [9.17, 15) is 9.90 Å². The molecule has 1 aliphatic carbocycles. The second-order valence-corrected chi connectivity index (χ2v) is 5.16. The summed E-state index contributed by atoms with van der Waals surface area (Å²) in [7, 11) is 2.96. The molecule has 0 saturated heterocycles. The van der Waals surface area contributed by atoms with E-state index < -0.39 is 0 Å². The molecule has 1 aliphatic rings. The van der Waals surface area contributed by atoms with Crippen molar-refractivity contribution >= 4 is 5.97 Å². The van der Waals surface area contributed by atoms with Crippen molar-refractivity contribution in [2.24, 2.45) is 11.8 Å². The highest BCUT2D eigenvalue weighted by Gasteiger charge is 2.44. The predicted molar refractivity (Wildman–Crippen MR) is 71.3 cm³/mol. The first-order valence-corrected chi connectivity index (χ1v) is 6.52. The molecule has 1 aromatic carbocycles. The van der Waals surface area contributed by atoms with E-state index in [1.165, 1.54) is 14.2 Å². The van der Waals surface area contributed by atoms with Crippen LogP contribution in [0.1, 0.15) is 31.2 Å². The molecule has 0 bridgehead atoms. The van der Waals surface area contributed by atoms with E-state index in [2.05, 4.69) is 6.92 Å². The van der Waals surface area contributed by atoms with Gasteiger partial charge in [0.05, 0.1) is 20.1 Å². The van der Waals surface area contributed by atoms with E-state index >= 15 is 0 Å². The summed E-state index contributed by atoms with van der Waals surface area (Å²) in [6.07, 6.45) is 1.77. The largest absolute Gasteiger partial charge is 0.504 e. The summed E-state index contributed by atoms with van der Waals surface area (Å²) in [5.74, 6) is 1.17.